The van der Waals surface area contributed by atoms with Crippen molar-refractivity contribution >= 4 is 23.2 Å². The molecule has 2 aromatic rings. The number of nitrogens with zero attached hydrogens (tertiary/aromatic N) is 1. The highest BCUT2D eigenvalue weighted by Crippen LogP contribution is 2.22. The Morgan fingerprint density at radius 1 is 1.05 bits per heavy atom. The van der Waals surface area contributed by atoms with E-state index in [1.54, 1.807) is 29.2 Å². The third kappa shape index (κ3) is 2.98. The second-order valence-electron chi connectivity index (χ2n) is 5.16. The predicted octanol–water partition coefficient (Wildman–Crippen LogP) is 3.20. The standard InChI is InChI=1S/C17H15FN2O2/c18-13-5-7-14(8-6-13)19-17(22)12-3-9-15(10-4-12)20-11-1-2-16(20)21/h3-10H,1-2,11H2,(H,19,22). The van der Waals surface area contributed by atoms with Gasteiger partial charge in [0.1, 0.15) is 5.82 Å². The van der Waals surface area contributed by atoms with Crippen LogP contribution in [0.15, 0.2) is 48.5 Å². The average molecular weight is 298 g/mol. The number of carbonyl (C=O) groups excluding carboxylic acids is 2. The lowest BCUT2D eigenvalue weighted by Gasteiger charge is -2.15. The van der Waals surface area contributed by atoms with E-state index in [1.165, 1.54) is 24.3 Å². The molecule has 0 aliphatic carbocycles. The van der Waals surface area contributed by atoms with Crippen molar-refractivity contribution in [1.29, 1.82) is 0 Å². The van der Waals surface area contributed by atoms with Gasteiger partial charge in [0.25, 0.3) is 5.91 Å². The van der Waals surface area contributed by atoms with E-state index in [9.17, 15) is 14.0 Å². The molecular formula is C17H15FN2O2. The fourth-order valence-electron chi connectivity index (χ4n) is 2.45. The number of halogens is 1. The molecule has 5 heteroatoms. The molecular weight excluding hydrogens is 283 g/mol. The number of amides is 2. The van der Waals surface area contributed by atoms with Crippen LogP contribution < -0.4 is 10.2 Å². The van der Waals surface area contributed by atoms with Gasteiger partial charge in [0.05, 0.1) is 0 Å². The van der Waals surface area contributed by atoms with Gasteiger partial charge >= 0.3 is 0 Å². The topological polar surface area (TPSA) is 49.4 Å². The van der Waals surface area contributed by atoms with Gasteiger partial charge in [-0.1, -0.05) is 0 Å². The number of rotatable bonds is 3. The van der Waals surface area contributed by atoms with Crippen molar-refractivity contribution in [2.45, 2.75) is 12.8 Å². The normalized spacial score (nSPS) is 14.2. The Labute approximate surface area is 127 Å². The monoisotopic (exact) mass is 298 g/mol. The van der Waals surface area contributed by atoms with Crippen molar-refractivity contribution in [2.75, 3.05) is 16.8 Å². The lowest BCUT2D eigenvalue weighted by molar-refractivity contribution is -0.117. The summed E-state index contributed by atoms with van der Waals surface area (Å²) in [4.78, 5) is 25.5. The highest BCUT2D eigenvalue weighted by molar-refractivity contribution is 6.04. The summed E-state index contributed by atoms with van der Waals surface area (Å²) in [6, 6.07) is 12.5. The minimum Gasteiger partial charge on any atom is -0.322 e. The highest BCUT2D eigenvalue weighted by atomic mass is 19.1. The molecule has 1 aliphatic heterocycles. The van der Waals surface area contributed by atoms with Crippen LogP contribution >= 0.6 is 0 Å². The van der Waals surface area contributed by atoms with E-state index >= 15 is 0 Å². The molecule has 1 aliphatic rings. The van der Waals surface area contributed by atoms with Crippen LogP contribution in [0.5, 0.6) is 0 Å². The average Bonchev–Trinajstić information content (AvgIpc) is 2.96. The molecule has 1 fully saturated rings. The van der Waals surface area contributed by atoms with Gasteiger partial charge in [0, 0.05) is 29.9 Å². The molecule has 0 bridgehead atoms. The quantitative estimate of drug-likeness (QED) is 0.946. The second kappa shape index (κ2) is 5.97. The highest BCUT2D eigenvalue weighted by Gasteiger charge is 2.21. The molecule has 0 atom stereocenters. The van der Waals surface area contributed by atoms with Crippen LogP contribution in [0.4, 0.5) is 15.8 Å². The molecule has 22 heavy (non-hydrogen) atoms. The maximum absolute atomic E-state index is 12.8. The van der Waals surface area contributed by atoms with Gasteiger partial charge in [-0.05, 0) is 55.0 Å². The molecule has 1 N–H and O–H groups in total. The lowest BCUT2D eigenvalue weighted by atomic mass is 10.1. The first-order valence-electron chi connectivity index (χ1n) is 7.11. The Balaban J connectivity index is 1.70. The van der Waals surface area contributed by atoms with E-state index in [-0.39, 0.29) is 17.6 Å². The zero-order valence-corrected chi connectivity index (χ0v) is 11.9. The molecule has 0 unspecified atom stereocenters. The Hall–Kier alpha value is -2.69. The molecule has 3 rings (SSSR count). The van der Waals surface area contributed by atoms with Gasteiger partial charge in [-0.3, -0.25) is 9.59 Å². The molecule has 0 radical (unpaired) electrons. The summed E-state index contributed by atoms with van der Waals surface area (Å²) < 4.78 is 12.8. The summed E-state index contributed by atoms with van der Waals surface area (Å²) in [5, 5.41) is 2.70. The van der Waals surface area contributed by atoms with Crippen molar-refractivity contribution in [3.05, 3.63) is 59.9 Å². The summed E-state index contributed by atoms with van der Waals surface area (Å²) in [5.41, 5.74) is 1.82. The van der Waals surface area contributed by atoms with Gasteiger partial charge in [0.2, 0.25) is 5.91 Å². The fourth-order valence-corrected chi connectivity index (χ4v) is 2.45. The van der Waals surface area contributed by atoms with E-state index in [2.05, 4.69) is 5.32 Å². The molecule has 2 aromatic carbocycles. The van der Waals surface area contributed by atoms with Crippen LogP contribution in [-0.4, -0.2) is 18.4 Å². The molecule has 0 aromatic heterocycles. The maximum Gasteiger partial charge on any atom is 0.255 e. The maximum atomic E-state index is 12.8. The van der Waals surface area contributed by atoms with E-state index < -0.39 is 0 Å². The van der Waals surface area contributed by atoms with Gasteiger partial charge in [-0.2, -0.15) is 0 Å². The third-order valence-electron chi connectivity index (χ3n) is 3.62. The number of hydrogen-bond acceptors (Lipinski definition) is 2. The van der Waals surface area contributed by atoms with E-state index in [4.69, 9.17) is 0 Å². The van der Waals surface area contributed by atoms with Crippen molar-refractivity contribution in [2.24, 2.45) is 0 Å². The molecule has 2 amide bonds. The zero-order valence-electron chi connectivity index (χ0n) is 11.9. The second-order valence-corrected chi connectivity index (χ2v) is 5.16. The Morgan fingerprint density at radius 2 is 1.73 bits per heavy atom. The van der Waals surface area contributed by atoms with E-state index in [1.807, 2.05) is 0 Å². The van der Waals surface area contributed by atoms with Crippen LogP contribution in [0, 0.1) is 5.82 Å². The number of hydrogen-bond donors (Lipinski definition) is 1. The predicted molar refractivity (Wildman–Crippen MR) is 82.4 cm³/mol. The van der Waals surface area contributed by atoms with Crippen LogP contribution in [0.2, 0.25) is 0 Å². The first kappa shape index (κ1) is 14.3. The largest absolute Gasteiger partial charge is 0.322 e. The molecule has 112 valence electrons. The Bertz CT molecular complexity index is 696. The van der Waals surface area contributed by atoms with E-state index in [0.29, 0.717) is 17.7 Å². The molecule has 1 saturated heterocycles. The lowest BCUT2D eigenvalue weighted by Crippen LogP contribution is -2.23. The summed E-state index contributed by atoms with van der Waals surface area (Å²) in [7, 11) is 0. The van der Waals surface area contributed by atoms with Crippen LogP contribution in [-0.2, 0) is 4.79 Å². The molecule has 4 nitrogen and oxygen atoms in total. The van der Waals surface area contributed by atoms with Gasteiger partial charge in [0.15, 0.2) is 0 Å². The number of anilines is 2. The Kier molecular flexibility index (Phi) is 3.87. The molecule has 0 saturated carbocycles. The number of benzene rings is 2. The summed E-state index contributed by atoms with van der Waals surface area (Å²) >= 11 is 0. The number of carbonyl (C=O) groups is 2. The SMILES string of the molecule is O=C(Nc1ccc(F)cc1)c1ccc(N2CCCC2=O)cc1. The zero-order chi connectivity index (χ0) is 15.5. The van der Waals surface area contributed by atoms with Crippen LogP contribution in [0.3, 0.4) is 0 Å². The van der Waals surface area contributed by atoms with E-state index in [0.717, 1.165) is 18.7 Å². The minimum atomic E-state index is -0.349. The molecule has 1 heterocycles. The summed E-state index contributed by atoms with van der Waals surface area (Å²) in [5.74, 6) is -0.507. The smallest absolute Gasteiger partial charge is 0.255 e. The van der Waals surface area contributed by atoms with Crippen molar-refractivity contribution in [3.8, 4) is 0 Å². The summed E-state index contributed by atoms with van der Waals surface area (Å²) in [6.07, 6.45) is 1.44. The Morgan fingerprint density at radius 3 is 2.32 bits per heavy atom. The first-order valence-corrected chi connectivity index (χ1v) is 7.11. The third-order valence-corrected chi connectivity index (χ3v) is 3.62. The van der Waals surface area contributed by atoms with Crippen molar-refractivity contribution in [3.63, 3.8) is 0 Å². The first-order chi connectivity index (χ1) is 10.6. The van der Waals surface area contributed by atoms with Crippen LogP contribution in [0.25, 0.3) is 0 Å². The fraction of sp³-hybridized carbons (Fsp3) is 0.176. The van der Waals surface area contributed by atoms with Crippen molar-refractivity contribution < 1.29 is 14.0 Å². The van der Waals surface area contributed by atoms with Crippen LogP contribution in [0.1, 0.15) is 23.2 Å². The van der Waals surface area contributed by atoms with Gasteiger partial charge in [-0.15, -0.1) is 0 Å². The number of nitrogens with one attached hydrogen (secondary N) is 1. The minimum absolute atomic E-state index is 0.114. The van der Waals surface area contributed by atoms with Gasteiger partial charge < -0.3 is 10.2 Å². The molecule has 0 spiro atoms. The van der Waals surface area contributed by atoms with Gasteiger partial charge in [-0.25, -0.2) is 4.39 Å². The summed E-state index contributed by atoms with van der Waals surface area (Å²) in [6.45, 7) is 0.722. The van der Waals surface area contributed by atoms with Crippen molar-refractivity contribution in [1.82, 2.24) is 0 Å².